The van der Waals surface area contributed by atoms with Crippen LogP contribution in [0.25, 0.3) is 0 Å². The average molecular weight is 420 g/mol. The number of aryl methyl sites for hydroxylation is 2. The van der Waals surface area contributed by atoms with Crippen molar-refractivity contribution < 1.29 is 4.79 Å². The van der Waals surface area contributed by atoms with Gasteiger partial charge in [0.05, 0.1) is 24.7 Å². The summed E-state index contributed by atoms with van der Waals surface area (Å²) in [7, 11) is 0. The molecule has 0 aliphatic rings. The number of aromatic nitrogens is 3. The Hall–Kier alpha value is -3.11. The molecule has 0 bridgehead atoms. The molecule has 30 heavy (non-hydrogen) atoms. The third kappa shape index (κ3) is 5.94. The molecule has 2 heterocycles. The molecule has 0 aliphatic carbocycles. The van der Waals surface area contributed by atoms with E-state index in [1.165, 1.54) is 5.56 Å². The van der Waals surface area contributed by atoms with Crippen LogP contribution >= 0.6 is 11.8 Å². The Labute approximate surface area is 181 Å². The summed E-state index contributed by atoms with van der Waals surface area (Å²) in [6.07, 6.45) is 5.10. The highest BCUT2D eigenvalue weighted by atomic mass is 32.2. The molecule has 1 amide bonds. The second-order valence-electron chi connectivity index (χ2n) is 7.00. The zero-order chi connectivity index (χ0) is 21.3. The smallest absolute Gasteiger partial charge is 0.224 e. The van der Waals surface area contributed by atoms with E-state index in [4.69, 9.17) is 5.26 Å². The summed E-state index contributed by atoms with van der Waals surface area (Å²) in [6.45, 7) is 4.53. The van der Waals surface area contributed by atoms with Crippen LogP contribution < -0.4 is 5.32 Å². The Bertz CT molecular complexity index is 1020. The maximum atomic E-state index is 12.4. The van der Waals surface area contributed by atoms with Crippen molar-refractivity contribution in [1.29, 1.82) is 5.26 Å². The van der Waals surface area contributed by atoms with E-state index in [9.17, 15) is 4.79 Å². The molecular formula is C23H25N5OS. The summed E-state index contributed by atoms with van der Waals surface area (Å²) in [5, 5.41) is 16.2. The number of hydrogen-bond donors (Lipinski definition) is 1. The number of hydrogen-bond acceptors (Lipinski definition) is 5. The van der Waals surface area contributed by atoms with Crippen LogP contribution in [-0.2, 0) is 23.5 Å². The van der Waals surface area contributed by atoms with E-state index in [1.54, 1.807) is 18.0 Å². The Morgan fingerprint density at radius 2 is 2.03 bits per heavy atom. The molecule has 2 aromatic heterocycles. The van der Waals surface area contributed by atoms with E-state index < -0.39 is 0 Å². The van der Waals surface area contributed by atoms with Crippen molar-refractivity contribution in [3.63, 3.8) is 0 Å². The van der Waals surface area contributed by atoms with Gasteiger partial charge in [0.25, 0.3) is 0 Å². The van der Waals surface area contributed by atoms with Gasteiger partial charge in [0, 0.05) is 40.8 Å². The summed E-state index contributed by atoms with van der Waals surface area (Å²) in [4.78, 5) is 17.7. The van der Waals surface area contributed by atoms with Crippen molar-refractivity contribution in [1.82, 2.24) is 14.8 Å². The molecule has 1 N–H and O–H groups in total. The zero-order valence-electron chi connectivity index (χ0n) is 17.3. The number of rotatable bonds is 9. The monoisotopic (exact) mass is 419 g/mol. The van der Waals surface area contributed by atoms with Crippen LogP contribution in [-0.4, -0.2) is 20.7 Å². The number of amides is 1. The number of carbonyl (C=O) groups excluding carboxylic acids is 1. The highest BCUT2D eigenvalue weighted by Crippen LogP contribution is 2.24. The van der Waals surface area contributed by atoms with Crippen LogP contribution in [0.1, 0.15) is 35.4 Å². The van der Waals surface area contributed by atoms with Gasteiger partial charge in [-0.25, -0.2) is 0 Å². The predicted octanol–water partition coefficient (Wildman–Crippen LogP) is 4.67. The fourth-order valence-electron chi connectivity index (χ4n) is 3.22. The van der Waals surface area contributed by atoms with E-state index in [2.05, 4.69) is 27.5 Å². The van der Waals surface area contributed by atoms with E-state index in [0.717, 1.165) is 33.3 Å². The summed E-state index contributed by atoms with van der Waals surface area (Å²) in [6, 6.07) is 14.0. The summed E-state index contributed by atoms with van der Waals surface area (Å²) in [5.74, 6) is 0.842. The molecule has 0 fully saturated rings. The lowest BCUT2D eigenvalue weighted by molar-refractivity contribution is -0.116. The van der Waals surface area contributed by atoms with Crippen LogP contribution in [0.2, 0.25) is 0 Å². The van der Waals surface area contributed by atoms with Crippen molar-refractivity contribution in [2.75, 3.05) is 5.32 Å². The third-order valence-corrected chi connectivity index (χ3v) is 5.92. The third-order valence-electron chi connectivity index (χ3n) is 4.84. The number of pyridine rings is 1. The number of anilines is 1. The predicted molar refractivity (Wildman–Crippen MR) is 119 cm³/mol. The van der Waals surface area contributed by atoms with Gasteiger partial charge in [-0.2, -0.15) is 10.4 Å². The van der Waals surface area contributed by atoms with E-state index >= 15 is 0 Å². The van der Waals surface area contributed by atoms with Crippen molar-refractivity contribution in [3.05, 3.63) is 71.3 Å². The molecule has 0 aliphatic heterocycles. The van der Waals surface area contributed by atoms with Crippen molar-refractivity contribution in [2.24, 2.45) is 0 Å². The fourth-order valence-corrected chi connectivity index (χ4v) is 4.05. The van der Waals surface area contributed by atoms with Crippen molar-refractivity contribution in [2.45, 2.75) is 50.3 Å². The number of nitriles is 1. The van der Waals surface area contributed by atoms with Crippen LogP contribution in [0.15, 0.2) is 53.7 Å². The highest BCUT2D eigenvalue weighted by Gasteiger charge is 2.13. The average Bonchev–Trinajstić information content (AvgIpc) is 3.03. The molecule has 3 aromatic rings. The van der Waals surface area contributed by atoms with Crippen molar-refractivity contribution in [3.8, 4) is 6.07 Å². The summed E-state index contributed by atoms with van der Waals surface area (Å²) >= 11 is 1.74. The van der Waals surface area contributed by atoms with Gasteiger partial charge < -0.3 is 5.32 Å². The van der Waals surface area contributed by atoms with Gasteiger partial charge in [0.1, 0.15) is 0 Å². The van der Waals surface area contributed by atoms with Gasteiger partial charge in [-0.05, 0) is 61.7 Å². The Morgan fingerprint density at radius 3 is 2.73 bits per heavy atom. The second-order valence-corrected chi connectivity index (χ2v) is 8.05. The number of nitrogens with zero attached hydrogens (tertiary/aromatic N) is 4. The first-order valence-corrected chi connectivity index (χ1v) is 10.9. The first-order chi connectivity index (χ1) is 14.6. The van der Waals surface area contributed by atoms with Gasteiger partial charge in [0.2, 0.25) is 5.91 Å². The number of benzene rings is 1. The topological polar surface area (TPSA) is 83.6 Å². The Kier molecular flexibility index (Phi) is 7.63. The molecule has 0 saturated heterocycles. The molecule has 3 rings (SSSR count). The minimum Gasteiger partial charge on any atom is -0.326 e. The largest absolute Gasteiger partial charge is 0.326 e. The first-order valence-electron chi connectivity index (χ1n) is 9.88. The normalized spacial score (nSPS) is 10.6. The minimum absolute atomic E-state index is 0.0191. The van der Waals surface area contributed by atoms with Crippen molar-refractivity contribution >= 4 is 23.4 Å². The molecule has 6 nitrogen and oxygen atoms in total. The molecule has 0 spiro atoms. The first kappa shape index (κ1) is 21.6. The van der Waals surface area contributed by atoms with Crippen LogP contribution in [0.5, 0.6) is 0 Å². The number of nitrogens with one attached hydrogen (secondary N) is 1. The van der Waals surface area contributed by atoms with E-state index in [1.807, 2.05) is 55.1 Å². The van der Waals surface area contributed by atoms with Gasteiger partial charge in [0.15, 0.2) is 0 Å². The zero-order valence-corrected chi connectivity index (χ0v) is 18.1. The van der Waals surface area contributed by atoms with Crippen LogP contribution in [0.4, 0.5) is 5.69 Å². The molecule has 7 heteroatoms. The van der Waals surface area contributed by atoms with Crippen LogP contribution in [0, 0.1) is 25.2 Å². The standard InChI is InChI=1S/C23H25N5OS/c1-17-22(18(2)28(27-17)14-4-12-24)10-11-23(29)26-20-6-8-21(9-7-20)30-16-19-5-3-13-25-15-19/h3,5-9,13,15H,4,10-11,14,16H2,1-2H3,(H,26,29). The quantitative estimate of drug-likeness (QED) is 0.510. The van der Waals surface area contributed by atoms with E-state index in [0.29, 0.717) is 25.8 Å². The lowest BCUT2D eigenvalue weighted by atomic mass is 10.1. The minimum atomic E-state index is -0.0191. The SMILES string of the molecule is Cc1nn(CCC#N)c(C)c1CCC(=O)Nc1ccc(SCc2cccnc2)cc1. The van der Waals surface area contributed by atoms with Crippen LogP contribution in [0.3, 0.4) is 0 Å². The molecule has 0 saturated carbocycles. The Morgan fingerprint density at radius 1 is 1.23 bits per heavy atom. The van der Waals surface area contributed by atoms with Gasteiger partial charge >= 0.3 is 0 Å². The maximum absolute atomic E-state index is 12.4. The number of thioether (sulfide) groups is 1. The lowest BCUT2D eigenvalue weighted by Crippen LogP contribution is -2.12. The van der Waals surface area contributed by atoms with E-state index in [-0.39, 0.29) is 5.91 Å². The second kappa shape index (κ2) is 10.6. The summed E-state index contributed by atoms with van der Waals surface area (Å²) in [5.41, 5.74) is 5.02. The highest BCUT2D eigenvalue weighted by molar-refractivity contribution is 7.98. The summed E-state index contributed by atoms with van der Waals surface area (Å²) < 4.78 is 1.85. The van der Waals surface area contributed by atoms with Gasteiger partial charge in [-0.1, -0.05) is 6.07 Å². The molecular weight excluding hydrogens is 394 g/mol. The Balaban J connectivity index is 1.49. The molecule has 0 atom stereocenters. The molecule has 0 radical (unpaired) electrons. The van der Waals surface area contributed by atoms with Gasteiger partial charge in [-0.3, -0.25) is 14.5 Å². The molecule has 0 unspecified atom stereocenters. The molecule has 1 aromatic carbocycles. The maximum Gasteiger partial charge on any atom is 0.224 e. The molecule has 154 valence electrons. The lowest BCUT2D eigenvalue weighted by Gasteiger charge is -2.07. The number of carbonyl (C=O) groups is 1. The fraction of sp³-hybridized carbons (Fsp3) is 0.304. The van der Waals surface area contributed by atoms with Gasteiger partial charge in [-0.15, -0.1) is 11.8 Å².